The van der Waals surface area contributed by atoms with Crippen LogP contribution < -0.4 is 10.1 Å². The second-order valence-corrected chi connectivity index (χ2v) is 6.18. The van der Waals surface area contributed by atoms with Crippen molar-refractivity contribution >= 4 is 22.6 Å². The lowest BCUT2D eigenvalue weighted by molar-refractivity contribution is -0.129. The van der Waals surface area contributed by atoms with E-state index < -0.39 is 12.1 Å². The number of carbonyl (C=O) groups is 2. The summed E-state index contributed by atoms with van der Waals surface area (Å²) < 4.78 is 10.4. The Bertz CT molecular complexity index is 950. The van der Waals surface area contributed by atoms with Gasteiger partial charge in [-0.3, -0.25) is 4.79 Å². The number of amides is 1. The SMILES string of the molecule is COc1ccc(CNC(=O)[C@H](C)OC(=O)c2ccc3ccccc3c2)cc1. The molecule has 0 aliphatic carbocycles. The summed E-state index contributed by atoms with van der Waals surface area (Å²) in [5.41, 5.74) is 1.35. The molecule has 0 spiro atoms. The van der Waals surface area contributed by atoms with Crippen LogP contribution in [0.25, 0.3) is 10.8 Å². The normalized spacial score (nSPS) is 11.6. The first-order valence-corrected chi connectivity index (χ1v) is 8.67. The van der Waals surface area contributed by atoms with Crippen LogP contribution in [-0.2, 0) is 16.1 Å². The maximum absolute atomic E-state index is 12.3. The monoisotopic (exact) mass is 363 g/mol. The molecule has 0 aromatic heterocycles. The number of hydrogen-bond donors (Lipinski definition) is 1. The van der Waals surface area contributed by atoms with Gasteiger partial charge < -0.3 is 14.8 Å². The molecule has 1 N–H and O–H groups in total. The van der Waals surface area contributed by atoms with Gasteiger partial charge >= 0.3 is 5.97 Å². The maximum Gasteiger partial charge on any atom is 0.338 e. The molecule has 0 fully saturated rings. The van der Waals surface area contributed by atoms with Gasteiger partial charge in [-0.25, -0.2) is 4.79 Å². The topological polar surface area (TPSA) is 64.6 Å². The molecule has 0 heterocycles. The highest BCUT2D eigenvalue weighted by Crippen LogP contribution is 2.17. The van der Waals surface area contributed by atoms with E-state index in [0.29, 0.717) is 12.1 Å². The predicted octanol–water partition coefficient (Wildman–Crippen LogP) is 3.71. The van der Waals surface area contributed by atoms with E-state index in [4.69, 9.17) is 9.47 Å². The predicted molar refractivity (Wildman–Crippen MR) is 104 cm³/mol. The molecule has 0 saturated carbocycles. The zero-order valence-corrected chi connectivity index (χ0v) is 15.3. The highest BCUT2D eigenvalue weighted by molar-refractivity contribution is 5.96. The van der Waals surface area contributed by atoms with Gasteiger partial charge in [-0.05, 0) is 47.5 Å². The van der Waals surface area contributed by atoms with Crippen LogP contribution >= 0.6 is 0 Å². The summed E-state index contributed by atoms with van der Waals surface area (Å²) in [5, 5.41) is 4.75. The van der Waals surface area contributed by atoms with Gasteiger partial charge in [0.25, 0.3) is 5.91 Å². The summed E-state index contributed by atoms with van der Waals surface area (Å²) in [6.07, 6.45) is -0.887. The first-order chi connectivity index (χ1) is 13.1. The zero-order valence-electron chi connectivity index (χ0n) is 15.3. The Morgan fingerprint density at radius 1 is 0.963 bits per heavy atom. The van der Waals surface area contributed by atoms with Crippen molar-refractivity contribution in [1.82, 2.24) is 5.32 Å². The van der Waals surface area contributed by atoms with E-state index in [1.54, 1.807) is 26.2 Å². The minimum atomic E-state index is -0.887. The van der Waals surface area contributed by atoms with E-state index in [0.717, 1.165) is 22.1 Å². The van der Waals surface area contributed by atoms with E-state index in [2.05, 4.69) is 5.32 Å². The molecule has 5 heteroatoms. The number of hydrogen-bond acceptors (Lipinski definition) is 4. The van der Waals surface area contributed by atoms with Gasteiger partial charge in [0.05, 0.1) is 12.7 Å². The minimum absolute atomic E-state index is 0.347. The number of carbonyl (C=O) groups excluding carboxylic acids is 2. The zero-order chi connectivity index (χ0) is 19.2. The van der Waals surface area contributed by atoms with Gasteiger partial charge in [-0.2, -0.15) is 0 Å². The van der Waals surface area contributed by atoms with Crippen molar-refractivity contribution in [2.75, 3.05) is 7.11 Å². The van der Waals surface area contributed by atoms with Crippen molar-refractivity contribution in [1.29, 1.82) is 0 Å². The summed E-state index contributed by atoms with van der Waals surface area (Å²) in [7, 11) is 1.60. The first-order valence-electron chi connectivity index (χ1n) is 8.67. The Morgan fingerprint density at radius 2 is 1.67 bits per heavy atom. The fraction of sp³-hybridized carbons (Fsp3) is 0.182. The Balaban J connectivity index is 1.56. The quantitative estimate of drug-likeness (QED) is 0.678. The van der Waals surface area contributed by atoms with Crippen LogP contribution in [0.5, 0.6) is 5.75 Å². The van der Waals surface area contributed by atoms with Crippen LogP contribution in [0.2, 0.25) is 0 Å². The molecule has 1 amide bonds. The number of benzene rings is 3. The highest BCUT2D eigenvalue weighted by atomic mass is 16.5. The minimum Gasteiger partial charge on any atom is -0.497 e. The fourth-order valence-electron chi connectivity index (χ4n) is 2.67. The molecular weight excluding hydrogens is 342 g/mol. The third-order valence-electron chi connectivity index (χ3n) is 4.26. The summed E-state index contributed by atoms with van der Waals surface area (Å²) in [6.45, 7) is 1.91. The van der Waals surface area contributed by atoms with Gasteiger partial charge in [0.1, 0.15) is 5.75 Å². The van der Waals surface area contributed by atoms with Gasteiger partial charge in [0.2, 0.25) is 0 Å². The van der Waals surface area contributed by atoms with E-state index in [1.165, 1.54) is 0 Å². The summed E-state index contributed by atoms with van der Waals surface area (Å²) in [4.78, 5) is 24.5. The molecule has 0 radical (unpaired) electrons. The average molecular weight is 363 g/mol. The van der Waals surface area contributed by atoms with E-state index in [9.17, 15) is 9.59 Å². The van der Waals surface area contributed by atoms with E-state index >= 15 is 0 Å². The summed E-state index contributed by atoms with van der Waals surface area (Å²) in [6, 6.07) is 20.5. The van der Waals surface area contributed by atoms with Crippen LogP contribution in [0, 0.1) is 0 Å². The third-order valence-corrected chi connectivity index (χ3v) is 4.26. The van der Waals surface area contributed by atoms with Crippen LogP contribution in [0.3, 0.4) is 0 Å². The Morgan fingerprint density at radius 3 is 2.37 bits per heavy atom. The second kappa shape index (κ2) is 8.36. The number of rotatable bonds is 6. The first kappa shape index (κ1) is 18.5. The number of esters is 1. The Hall–Kier alpha value is -3.34. The average Bonchev–Trinajstić information content (AvgIpc) is 2.71. The fourth-order valence-corrected chi connectivity index (χ4v) is 2.67. The van der Waals surface area contributed by atoms with Crippen LogP contribution in [0.1, 0.15) is 22.8 Å². The number of nitrogens with one attached hydrogen (secondary N) is 1. The number of methoxy groups -OCH3 is 1. The largest absolute Gasteiger partial charge is 0.497 e. The highest BCUT2D eigenvalue weighted by Gasteiger charge is 2.18. The molecule has 3 aromatic carbocycles. The van der Waals surface area contributed by atoms with Crippen LogP contribution in [0.4, 0.5) is 0 Å². The second-order valence-electron chi connectivity index (χ2n) is 6.18. The molecule has 3 aromatic rings. The van der Waals surface area contributed by atoms with Crippen molar-refractivity contribution in [2.45, 2.75) is 19.6 Å². The molecule has 138 valence electrons. The summed E-state index contributed by atoms with van der Waals surface area (Å²) in [5.74, 6) is -0.115. The molecule has 27 heavy (non-hydrogen) atoms. The molecule has 3 rings (SSSR count). The van der Waals surface area contributed by atoms with E-state index in [-0.39, 0.29) is 5.91 Å². The molecule has 0 unspecified atom stereocenters. The van der Waals surface area contributed by atoms with Crippen molar-refractivity contribution in [3.8, 4) is 5.75 Å². The van der Waals surface area contributed by atoms with Crippen LogP contribution in [0.15, 0.2) is 66.7 Å². The molecule has 1 atom stereocenters. The molecule has 0 aliphatic heterocycles. The molecule has 5 nitrogen and oxygen atoms in total. The van der Waals surface area contributed by atoms with Gasteiger partial charge in [-0.15, -0.1) is 0 Å². The van der Waals surface area contributed by atoms with Crippen molar-refractivity contribution in [3.63, 3.8) is 0 Å². The van der Waals surface area contributed by atoms with Crippen molar-refractivity contribution in [2.24, 2.45) is 0 Å². The maximum atomic E-state index is 12.3. The Kier molecular flexibility index (Phi) is 5.71. The number of fused-ring (bicyclic) bond motifs is 1. The number of ether oxygens (including phenoxy) is 2. The van der Waals surface area contributed by atoms with Gasteiger partial charge in [-0.1, -0.05) is 42.5 Å². The van der Waals surface area contributed by atoms with Crippen LogP contribution in [-0.4, -0.2) is 25.1 Å². The van der Waals surface area contributed by atoms with E-state index in [1.807, 2.05) is 54.6 Å². The standard InChI is InChI=1S/C22H21NO4/c1-15(21(24)23-14-16-7-11-20(26-2)12-8-16)27-22(25)19-10-9-17-5-3-4-6-18(17)13-19/h3-13,15H,14H2,1-2H3,(H,23,24)/t15-/m0/s1. The molecule has 0 aliphatic rings. The van der Waals surface area contributed by atoms with Gasteiger partial charge in [0.15, 0.2) is 6.10 Å². The van der Waals surface area contributed by atoms with Crippen molar-refractivity contribution < 1.29 is 19.1 Å². The smallest absolute Gasteiger partial charge is 0.338 e. The summed E-state index contributed by atoms with van der Waals surface area (Å²) >= 11 is 0. The Labute approximate surface area is 157 Å². The lowest BCUT2D eigenvalue weighted by Gasteiger charge is -2.14. The molecule has 0 bridgehead atoms. The van der Waals surface area contributed by atoms with Gasteiger partial charge in [0, 0.05) is 6.54 Å². The molecule has 0 saturated heterocycles. The third kappa shape index (κ3) is 4.64. The lowest BCUT2D eigenvalue weighted by Crippen LogP contribution is -2.35. The lowest BCUT2D eigenvalue weighted by atomic mass is 10.1. The van der Waals surface area contributed by atoms with Crippen molar-refractivity contribution in [3.05, 3.63) is 77.9 Å². The molecular formula is C22H21NO4.